The summed E-state index contributed by atoms with van der Waals surface area (Å²) in [7, 11) is 3.52. The van der Waals surface area contributed by atoms with Crippen molar-refractivity contribution < 1.29 is 23.4 Å². The number of amides is 1. The highest BCUT2D eigenvalue weighted by Crippen LogP contribution is 2.34. The van der Waals surface area contributed by atoms with Crippen LogP contribution in [0.2, 0.25) is 0 Å². The van der Waals surface area contributed by atoms with Crippen molar-refractivity contribution in [1.82, 2.24) is 9.97 Å². The summed E-state index contributed by atoms with van der Waals surface area (Å²) in [5.74, 6) is -2.41. The van der Waals surface area contributed by atoms with Gasteiger partial charge in [-0.1, -0.05) is 26.7 Å². The standard InChI is InChI=1S/C15H21F2N3O3.C11H14N2.C4H10/c1-14(2,22)11-8-19-12(9-18-11)20(3)13(21)23-10-4-6-15(16,17)7-5-10;1-4-13(3)11-6-5-10(8-12)7-9(11)2;1-3-4-2/h8-10,22H,4-7H2,1-3H3;5-7H,4H2,1-3H3;3-4H2,1-2H3. The number of halogens is 2. The fourth-order valence-electron chi connectivity index (χ4n) is 3.58. The fourth-order valence-corrected chi connectivity index (χ4v) is 3.58. The van der Waals surface area contributed by atoms with Crippen molar-refractivity contribution in [2.24, 2.45) is 0 Å². The van der Waals surface area contributed by atoms with Gasteiger partial charge in [0.05, 0.1) is 29.7 Å². The molecule has 1 fully saturated rings. The van der Waals surface area contributed by atoms with E-state index in [4.69, 9.17) is 10.00 Å². The van der Waals surface area contributed by atoms with E-state index in [1.54, 1.807) is 13.8 Å². The van der Waals surface area contributed by atoms with Crippen molar-refractivity contribution in [3.8, 4) is 6.07 Å². The van der Waals surface area contributed by atoms with E-state index in [-0.39, 0.29) is 31.5 Å². The Balaban J connectivity index is 0.000000395. The number of benzene rings is 1. The Morgan fingerprint density at radius 1 is 1.15 bits per heavy atom. The second-order valence-corrected chi connectivity index (χ2v) is 10.4. The molecule has 1 saturated carbocycles. The lowest BCUT2D eigenvalue weighted by atomic mass is 9.94. The molecule has 222 valence electrons. The highest BCUT2D eigenvalue weighted by Gasteiger charge is 2.36. The number of nitrogens with zero attached hydrogens (tertiary/aromatic N) is 5. The third-order valence-corrected chi connectivity index (χ3v) is 6.53. The van der Waals surface area contributed by atoms with Crippen LogP contribution < -0.4 is 9.80 Å². The summed E-state index contributed by atoms with van der Waals surface area (Å²) < 4.78 is 31.4. The Morgan fingerprint density at radius 2 is 1.75 bits per heavy atom. The molecule has 40 heavy (non-hydrogen) atoms. The summed E-state index contributed by atoms with van der Waals surface area (Å²) in [5, 5.41) is 18.5. The summed E-state index contributed by atoms with van der Waals surface area (Å²) >= 11 is 0. The maximum Gasteiger partial charge on any atom is 0.415 e. The molecule has 0 bridgehead atoms. The zero-order valence-electron chi connectivity index (χ0n) is 25.2. The first-order valence-corrected chi connectivity index (χ1v) is 13.8. The van der Waals surface area contributed by atoms with Crippen LogP contribution in [-0.4, -0.2) is 53.8 Å². The van der Waals surface area contributed by atoms with Gasteiger partial charge in [0.2, 0.25) is 5.92 Å². The fraction of sp³-hybridized carbons (Fsp3) is 0.600. The van der Waals surface area contributed by atoms with E-state index >= 15 is 0 Å². The highest BCUT2D eigenvalue weighted by molar-refractivity contribution is 5.85. The third-order valence-electron chi connectivity index (χ3n) is 6.53. The summed E-state index contributed by atoms with van der Waals surface area (Å²) in [5.41, 5.74) is 2.32. The minimum absolute atomic E-state index is 0.149. The predicted molar refractivity (Wildman–Crippen MR) is 155 cm³/mol. The van der Waals surface area contributed by atoms with Gasteiger partial charge in [-0.15, -0.1) is 0 Å². The van der Waals surface area contributed by atoms with Crippen LogP contribution in [0.5, 0.6) is 0 Å². The lowest BCUT2D eigenvalue weighted by molar-refractivity contribution is -0.0647. The van der Waals surface area contributed by atoms with E-state index in [2.05, 4.69) is 41.7 Å². The molecule has 0 spiro atoms. The van der Waals surface area contributed by atoms with Crippen LogP contribution in [0.25, 0.3) is 0 Å². The van der Waals surface area contributed by atoms with E-state index in [1.165, 1.54) is 38.0 Å². The van der Waals surface area contributed by atoms with Crippen LogP contribution in [0.4, 0.5) is 25.1 Å². The van der Waals surface area contributed by atoms with Gasteiger partial charge in [-0.2, -0.15) is 5.26 Å². The number of aliphatic hydroxyl groups is 1. The van der Waals surface area contributed by atoms with E-state index in [1.807, 2.05) is 32.2 Å². The second kappa shape index (κ2) is 16.1. The monoisotopic (exact) mass is 561 g/mol. The molecule has 0 radical (unpaired) electrons. The van der Waals surface area contributed by atoms with E-state index in [0.717, 1.165) is 22.6 Å². The van der Waals surface area contributed by atoms with Crippen LogP contribution in [0.15, 0.2) is 30.6 Å². The normalized spacial score (nSPS) is 14.4. The largest absolute Gasteiger partial charge is 0.446 e. The minimum Gasteiger partial charge on any atom is -0.446 e. The lowest BCUT2D eigenvalue weighted by Gasteiger charge is -2.29. The first kappa shape index (κ1) is 34.7. The highest BCUT2D eigenvalue weighted by atomic mass is 19.3. The first-order chi connectivity index (χ1) is 18.7. The summed E-state index contributed by atoms with van der Waals surface area (Å²) in [6.07, 6.45) is 3.96. The number of rotatable bonds is 6. The maximum atomic E-state index is 13.1. The molecule has 0 saturated heterocycles. The van der Waals surface area contributed by atoms with Crippen molar-refractivity contribution in [2.45, 2.75) is 97.7 Å². The van der Waals surface area contributed by atoms with Crippen LogP contribution in [0, 0.1) is 18.3 Å². The zero-order chi connectivity index (χ0) is 30.5. The number of alkyl halides is 2. The number of ether oxygens (including phenoxy) is 1. The quantitative estimate of drug-likeness (QED) is 0.406. The van der Waals surface area contributed by atoms with Crippen molar-refractivity contribution >= 4 is 17.6 Å². The number of aryl methyl sites for hydroxylation is 1. The van der Waals surface area contributed by atoms with Crippen LogP contribution >= 0.6 is 0 Å². The van der Waals surface area contributed by atoms with E-state index < -0.39 is 23.7 Å². The summed E-state index contributed by atoms with van der Waals surface area (Å²) in [4.78, 5) is 23.5. The molecule has 1 aliphatic carbocycles. The molecule has 8 nitrogen and oxygen atoms in total. The van der Waals surface area contributed by atoms with Gasteiger partial charge in [0.25, 0.3) is 0 Å². The Labute approximate surface area is 238 Å². The smallest absolute Gasteiger partial charge is 0.415 e. The van der Waals surface area contributed by atoms with Crippen molar-refractivity contribution in [3.63, 3.8) is 0 Å². The molecule has 1 aliphatic rings. The number of anilines is 2. The first-order valence-electron chi connectivity index (χ1n) is 13.8. The zero-order valence-corrected chi connectivity index (χ0v) is 25.2. The molecule has 0 aliphatic heterocycles. The Bertz CT molecular complexity index is 1090. The van der Waals surface area contributed by atoms with Gasteiger partial charge in [-0.25, -0.2) is 18.6 Å². The molecule has 1 aromatic heterocycles. The molecule has 1 amide bonds. The Kier molecular flexibility index (Phi) is 13.9. The van der Waals surface area contributed by atoms with Gasteiger partial charge in [-0.05, 0) is 64.3 Å². The van der Waals surface area contributed by atoms with Gasteiger partial charge < -0.3 is 14.7 Å². The molecule has 1 aromatic carbocycles. The van der Waals surface area contributed by atoms with Crippen LogP contribution in [-0.2, 0) is 10.3 Å². The predicted octanol–water partition coefficient (Wildman–Crippen LogP) is 6.98. The molecule has 10 heteroatoms. The Morgan fingerprint density at radius 3 is 2.17 bits per heavy atom. The SMILES string of the molecule is CCCC.CCN(C)c1ccc(C#N)cc1C.CN(C(=O)OC1CCC(F)(F)CC1)c1cnc(C(C)(C)O)cn1. The summed E-state index contributed by atoms with van der Waals surface area (Å²) in [6.45, 7) is 12.6. The number of carbonyl (C=O) groups excluding carboxylic acids is 1. The summed E-state index contributed by atoms with van der Waals surface area (Å²) in [6, 6.07) is 7.90. The Hall–Kier alpha value is -3.32. The molecule has 1 N–H and O–H groups in total. The molecule has 2 aromatic rings. The van der Waals surface area contributed by atoms with Crippen molar-refractivity contribution in [2.75, 3.05) is 30.4 Å². The topological polar surface area (TPSA) is 103 Å². The van der Waals surface area contributed by atoms with Gasteiger partial charge in [0, 0.05) is 39.2 Å². The number of hydrogen-bond donors (Lipinski definition) is 1. The number of carbonyl (C=O) groups is 1. The third kappa shape index (κ3) is 11.4. The van der Waals surface area contributed by atoms with Crippen LogP contribution in [0.1, 0.15) is 90.0 Å². The minimum atomic E-state index is -2.66. The van der Waals surface area contributed by atoms with Gasteiger partial charge >= 0.3 is 6.09 Å². The lowest BCUT2D eigenvalue weighted by Crippen LogP contribution is -2.35. The number of unbranched alkanes of at least 4 members (excludes halogenated alkanes) is 1. The van der Waals surface area contributed by atoms with E-state index in [9.17, 15) is 18.7 Å². The van der Waals surface area contributed by atoms with Gasteiger partial charge in [-0.3, -0.25) is 9.88 Å². The molecule has 0 atom stereocenters. The maximum absolute atomic E-state index is 13.1. The molecular weight excluding hydrogens is 516 g/mol. The van der Waals surface area contributed by atoms with Gasteiger partial charge in [0.1, 0.15) is 11.7 Å². The number of hydrogen-bond acceptors (Lipinski definition) is 7. The van der Waals surface area contributed by atoms with Crippen molar-refractivity contribution in [1.29, 1.82) is 5.26 Å². The molecule has 0 unspecified atom stereocenters. The number of nitriles is 1. The van der Waals surface area contributed by atoms with Crippen molar-refractivity contribution in [3.05, 3.63) is 47.4 Å². The van der Waals surface area contributed by atoms with Crippen LogP contribution in [0.3, 0.4) is 0 Å². The van der Waals surface area contributed by atoms with Gasteiger partial charge in [0.15, 0.2) is 5.82 Å². The van der Waals surface area contributed by atoms with E-state index in [0.29, 0.717) is 5.69 Å². The average molecular weight is 562 g/mol. The average Bonchev–Trinajstić information content (AvgIpc) is 2.93. The molecular formula is C30H45F2N5O3. The molecule has 3 rings (SSSR count). The molecule has 1 heterocycles. The second-order valence-electron chi connectivity index (χ2n) is 10.4. The number of aromatic nitrogens is 2.